The van der Waals surface area contributed by atoms with Crippen molar-refractivity contribution in [1.29, 1.82) is 0 Å². The Morgan fingerprint density at radius 3 is 2.10 bits per heavy atom. The molecule has 1 aromatic rings. The van der Waals surface area contributed by atoms with Crippen molar-refractivity contribution >= 4 is 0 Å². The Hall–Kier alpha value is -1.03. The highest BCUT2D eigenvalue weighted by atomic mass is 19.4. The molecule has 1 aromatic carbocycles. The number of alkyl halides is 3. The van der Waals surface area contributed by atoms with Gasteiger partial charge < -0.3 is 5.11 Å². The second-order valence-corrected chi connectivity index (χ2v) is 6.30. The molecule has 1 fully saturated rings. The molecule has 2 rings (SSSR count). The van der Waals surface area contributed by atoms with Crippen LogP contribution in [0.5, 0.6) is 0 Å². The van der Waals surface area contributed by atoms with Crippen LogP contribution in [0.25, 0.3) is 0 Å². The molecule has 0 radical (unpaired) electrons. The van der Waals surface area contributed by atoms with Gasteiger partial charge in [0, 0.05) is 0 Å². The Bertz CT molecular complexity index is 453. The van der Waals surface area contributed by atoms with Gasteiger partial charge in [0.2, 0.25) is 0 Å². The average molecular weight is 300 g/mol. The molecule has 1 nitrogen and oxygen atoms in total. The van der Waals surface area contributed by atoms with Gasteiger partial charge in [-0.15, -0.1) is 0 Å². The molecule has 1 unspecified atom stereocenters. The van der Waals surface area contributed by atoms with Crippen molar-refractivity contribution in [1.82, 2.24) is 0 Å². The summed E-state index contributed by atoms with van der Waals surface area (Å²) in [6.45, 7) is 4.02. The summed E-state index contributed by atoms with van der Waals surface area (Å²) in [5.41, 5.74) is 3.40. The molecule has 0 amide bonds. The van der Waals surface area contributed by atoms with E-state index in [-0.39, 0.29) is 18.8 Å². The molecule has 1 aliphatic carbocycles. The molecule has 0 bridgehead atoms. The summed E-state index contributed by atoms with van der Waals surface area (Å²) >= 11 is 0. The number of rotatable bonds is 3. The molecule has 1 aliphatic rings. The van der Waals surface area contributed by atoms with Crippen LogP contribution in [-0.4, -0.2) is 17.4 Å². The number of halogens is 3. The Morgan fingerprint density at radius 2 is 1.62 bits per heavy atom. The first-order valence-electron chi connectivity index (χ1n) is 7.59. The zero-order valence-electron chi connectivity index (χ0n) is 12.6. The predicted molar refractivity (Wildman–Crippen MR) is 77.1 cm³/mol. The van der Waals surface area contributed by atoms with Crippen molar-refractivity contribution < 1.29 is 18.3 Å². The van der Waals surface area contributed by atoms with E-state index < -0.39 is 18.2 Å². The molecule has 4 heteroatoms. The van der Waals surface area contributed by atoms with Crippen LogP contribution in [-0.2, 0) is 6.42 Å². The van der Waals surface area contributed by atoms with Crippen molar-refractivity contribution in [3.63, 3.8) is 0 Å². The number of hydrogen-bond acceptors (Lipinski definition) is 1. The summed E-state index contributed by atoms with van der Waals surface area (Å²) in [5, 5.41) is 10.4. The van der Waals surface area contributed by atoms with Gasteiger partial charge in [-0.25, -0.2) is 0 Å². The van der Waals surface area contributed by atoms with Crippen LogP contribution in [0.15, 0.2) is 18.2 Å². The van der Waals surface area contributed by atoms with Crippen LogP contribution in [0.3, 0.4) is 0 Å². The van der Waals surface area contributed by atoms with Gasteiger partial charge in [0.1, 0.15) is 0 Å². The number of aryl methyl sites for hydroxylation is 2. The Morgan fingerprint density at radius 1 is 1.10 bits per heavy atom. The number of aliphatic hydroxyl groups excluding tert-OH is 1. The van der Waals surface area contributed by atoms with Crippen molar-refractivity contribution in [2.45, 2.75) is 58.2 Å². The highest BCUT2D eigenvalue weighted by molar-refractivity contribution is 5.34. The standard InChI is InChI=1S/C17H23F3O/c1-11-4-3-5-12(2)15(11)10-16(21)13-6-8-14(9-7-13)17(18,19)20/h3-5,13-14,16,21H,6-10H2,1-2H3. The summed E-state index contributed by atoms with van der Waals surface area (Å²) < 4.78 is 38.0. The van der Waals surface area contributed by atoms with Crippen LogP contribution in [0.1, 0.15) is 42.4 Å². The minimum Gasteiger partial charge on any atom is -0.392 e. The first-order valence-corrected chi connectivity index (χ1v) is 7.59. The number of aliphatic hydroxyl groups is 1. The average Bonchev–Trinajstić information content (AvgIpc) is 2.42. The highest BCUT2D eigenvalue weighted by Gasteiger charge is 2.42. The van der Waals surface area contributed by atoms with Crippen LogP contribution in [0, 0.1) is 25.7 Å². The zero-order chi connectivity index (χ0) is 15.6. The lowest BCUT2D eigenvalue weighted by molar-refractivity contribution is -0.185. The molecule has 21 heavy (non-hydrogen) atoms. The summed E-state index contributed by atoms with van der Waals surface area (Å²) in [7, 11) is 0. The van der Waals surface area contributed by atoms with Gasteiger partial charge in [-0.2, -0.15) is 13.2 Å². The molecule has 118 valence electrons. The lowest BCUT2D eigenvalue weighted by atomic mass is 9.77. The second-order valence-electron chi connectivity index (χ2n) is 6.30. The molecular weight excluding hydrogens is 277 g/mol. The maximum absolute atomic E-state index is 12.7. The summed E-state index contributed by atoms with van der Waals surface area (Å²) in [5.74, 6) is -1.19. The van der Waals surface area contributed by atoms with E-state index >= 15 is 0 Å². The Kier molecular flexibility index (Phi) is 4.97. The fraction of sp³-hybridized carbons (Fsp3) is 0.647. The van der Waals surface area contributed by atoms with Crippen LogP contribution in [0.2, 0.25) is 0 Å². The maximum atomic E-state index is 12.7. The molecule has 1 saturated carbocycles. The number of benzene rings is 1. The topological polar surface area (TPSA) is 20.2 Å². The Labute approximate surface area is 124 Å². The van der Waals surface area contributed by atoms with E-state index in [9.17, 15) is 18.3 Å². The third kappa shape index (κ3) is 4.00. The largest absolute Gasteiger partial charge is 0.392 e. The van der Waals surface area contributed by atoms with Gasteiger partial charge in [-0.3, -0.25) is 0 Å². The number of hydrogen-bond donors (Lipinski definition) is 1. The second kappa shape index (κ2) is 6.39. The van der Waals surface area contributed by atoms with Crippen molar-refractivity contribution in [2.24, 2.45) is 11.8 Å². The van der Waals surface area contributed by atoms with E-state index in [1.54, 1.807) is 0 Å². The molecule has 0 aromatic heterocycles. The molecule has 0 spiro atoms. The molecular formula is C17H23F3O. The van der Waals surface area contributed by atoms with E-state index in [4.69, 9.17) is 0 Å². The SMILES string of the molecule is Cc1cccc(C)c1CC(O)C1CCC(C(F)(F)F)CC1. The van der Waals surface area contributed by atoms with E-state index in [2.05, 4.69) is 0 Å². The van der Waals surface area contributed by atoms with Gasteiger partial charge in [-0.1, -0.05) is 18.2 Å². The fourth-order valence-electron chi connectivity index (χ4n) is 3.38. The van der Waals surface area contributed by atoms with Gasteiger partial charge in [-0.05, 0) is 68.6 Å². The normalized spacial score (nSPS) is 24.9. The van der Waals surface area contributed by atoms with Crippen molar-refractivity contribution in [3.8, 4) is 0 Å². The van der Waals surface area contributed by atoms with Gasteiger partial charge in [0.05, 0.1) is 12.0 Å². The van der Waals surface area contributed by atoms with Gasteiger partial charge in [0.25, 0.3) is 0 Å². The van der Waals surface area contributed by atoms with E-state index in [0.29, 0.717) is 19.3 Å². The van der Waals surface area contributed by atoms with Crippen molar-refractivity contribution in [3.05, 3.63) is 34.9 Å². The highest BCUT2D eigenvalue weighted by Crippen LogP contribution is 2.40. The minimum absolute atomic E-state index is 0.0115. The molecule has 1 N–H and O–H groups in total. The maximum Gasteiger partial charge on any atom is 0.391 e. The molecule has 0 aliphatic heterocycles. The third-order valence-electron chi connectivity index (χ3n) is 4.84. The first kappa shape index (κ1) is 16.3. The quantitative estimate of drug-likeness (QED) is 0.866. The van der Waals surface area contributed by atoms with Crippen LogP contribution in [0.4, 0.5) is 13.2 Å². The summed E-state index contributed by atoms with van der Waals surface area (Å²) in [6, 6.07) is 6.00. The summed E-state index contributed by atoms with van der Waals surface area (Å²) in [4.78, 5) is 0. The first-order chi connectivity index (χ1) is 9.79. The minimum atomic E-state index is -4.08. The van der Waals surface area contributed by atoms with Crippen LogP contribution < -0.4 is 0 Å². The third-order valence-corrected chi connectivity index (χ3v) is 4.84. The van der Waals surface area contributed by atoms with E-state index in [1.807, 2.05) is 32.0 Å². The van der Waals surface area contributed by atoms with E-state index in [1.165, 1.54) is 0 Å². The lowest BCUT2D eigenvalue weighted by Gasteiger charge is -2.32. The predicted octanol–water partition coefficient (Wildman–Crippen LogP) is 4.58. The Balaban J connectivity index is 1.95. The lowest BCUT2D eigenvalue weighted by Crippen LogP contribution is -2.33. The van der Waals surface area contributed by atoms with E-state index in [0.717, 1.165) is 16.7 Å². The summed E-state index contributed by atoms with van der Waals surface area (Å²) in [6.07, 6.45) is -2.84. The fourth-order valence-corrected chi connectivity index (χ4v) is 3.38. The smallest absolute Gasteiger partial charge is 0.391 e. The van der Waals surface area contributed by atoms with Crippen LogP contribution >= 0.6 is 0 Å². The van der Waals surface area contributed by atoms with Crippen molar-refractivity contribution in [2.75, 3.05) is 0 Å². The molecule has 0 saturated heterocycles. The zero-order valence-corrected chi connectivity index (χ0v) is 12.6. The van der Waals surface area contributed by atoms with Gasteiger partial charge in [0.15, 0.2) is 0 Å². The monoisotopic (exact) mass is 300 g/mol. The van der Waals surface area contributed by atoms with Gasteiger partial charge >= 0.3 is 6.18 Å². The molecule has 0 heterocycles. The molecule has 1 atom stereocenters.